The van der Waals surface area contributed by atoms with Gasteiger partial charge in [0.25, 0.3) is 0 Å². The van der Waals surface area contributed by atoms with E-state index in [0.717, 1.165) is 0 Å². The molecule has 0 fully saturated rings. The van der Waals surface area contributed by atoms with Gasteiger partial charge in [-0.1, -0.05) is 5.92 Å². The Morgan fingerprint density at radius 3 is 2.12 bits per heavy atom. The summed E-state index contributed by atoms with van der Waals surface area (Å²) in [5, 5.41) is 25.1. The zero-order valence-corrected chi connectivity index (χ0v) is 4.28. The largest absolute Gasteiger partial charge is 0.394 e. The molecular formula is C5H8O3. The molecule has 8 heavy (non-hydrogen) atoms. The monoisotopic (exact) mass is 116 g/mol. The maximum Gasteiger partial charge on any atom is 0.142 e. The van der Waals surface area contributed by atoms with Crippen LogP contribution in [0.4, 0.5) is 0 Å². The first-order chi connectivity index (χ1) is 3.72. The van der Waals surface area contributed by atoms with Crippen molar-refractivity contribution < 1.29 is 15.3 Å². The lowest BCUT2D eigenvalue weighted by molar-refractivity contribution is 0.0139. The Morgan fingerprint density at radius 1 is 1.50 bits per heavy atom. The average molecular weight is 116 g/mol. The van der Waals surface area contributed by atoms with Crippen LogP contribution in [0.25, 0.3) is 0 Å². The molecule has 0 aliphatic carbocycles. The third-order valence-electron chi connectivity index (χ3n) is 0.722. The van der Waals surface area contributed by atoms with Crippen LogP contribution in [0.15, 0.2) is 0 Å². The Kier molecular flexibility index (Phi) is 3.20. The van der Waals surface area contributed by atoms with E-state index in [1.165, 1.54) is 0 Å². The second kappa shape index (κ2) is 3.44. The van der Waals surface area contributed by atoms with Crippen LogP contribution in [0.2, 0.25) is 0 Å². The maximum atomic E-state index is 8.48. The van der Waals surface area contributed by atoms with Gasteiger partial charge >= 0.3 is 0 Å². The van der Waals surface area contributed by atoms with E-state index in [0.29, 0.717) is 0 Å². The lowest BCUT2D eigenvalue weighted by atomic mass is 10.2. The molecule has 0 saturated heterocycles. The van der Waals surface area contributed by atoms with Gasteiger partial charge in [0, 0.05) is 0 Å². The fourth-order valence-corrected chi connectivity index (χ4v) is 0.211. The van der Waals surface area contributed by atoms with Crippen LogP contribution in [0.3, 0.4) is 0 Å². The van der Waals surface area contributed by atoms with Gasteiger partial charge in [-0.3, -0.25) is 0 Å². The Morgan fingerprint density at radius 2 is 2.00 bits per heavy atom. The average Bonchev–Trinajstić information content (AvgIpc) is 1.84. The molecule has 0 rings (SSSR count). The number of hydrogen-bond acceptors (Lipinski definition) is 3. The summed E-state index contributed by atoms with van der Waals surface area (Å²) >= 11 is 0. The summed E-state index contributed by atoms with van der Waals surface area (Å²) in [5.74, 6) is 1.86. The zero-order valence-electron chi connectivity index (χ0n) is 4.28. The molecule has 0 aromatic carbocycles. The molecule has 0 amide bonds. The number of rotatable bonds is 2. The van der Waals surface area contributed by atoms with Crippen molar-refractivity contribution in [2.75, 3.05) is 6.61 Å². The van der Waals surface area contributed by atoms with Crippen molar-refractivity contribution in [1.29, 1.82) is 0 Å². The van der Waals surface area contributed by atoms with Gasteiger partial charge in [0.15, 0.2) is 0 Å². The van der Waals surface area contributed by atoms with Crippen molar-refractivity contribution >= 4 is 0 Å². The fourth-order valence-electron chi connectivity index (χ4n) is 0.211. The molecule has 0 aromatic rings. The highest BCUT2D eigenvalue weighted by Crippen LogP contribution is 1.87. The molecule has 0 unspecified atom stereocenters. The first-order valence-electron chi connectivity index (χ1n) is 2.15. The molecule has 46 valence electrons. The van der Waals surface area contributed by atoms with E-state index in [4.69, 9.17) is 15.3 Å². The van der Waals surface area contributed by atoms with E-state index >= 15 is 0 Å². The second-order valence-corrected chi connectivity index (χ2v) is 1.36. The van der Waals surface area contributed by atoms with Crippen molar-refractivity contribution in [2.24, 2.45) is 0 Å². The molecule has 3 N–H and O–H groups in total. The maximum absolute atomic E-state index is 8.48. The van der Waals surface area contributed by atoms with Crippen LogP contribution < -0.4 is 0 Å². The number of aliphatic hydroxyl groups excluding tert-OH is 3. The van der Waals surface area contributed by atoms with Gasteiger partial charge in [-0.05, 0) is 0 Å². The van der Waals surface area contributed by atoms with Gasteiger partial charge in [0.2, 0.25) is 0 Å². The third kappa shape index (κ3) is 1.94. The molecule has 0 saturated carbocycles. The molecular weight excluding hydrogens is 108 g/mol. The zero-order chi connectivity index (χ0) is 6.57. The van der Waals surface area contributed by atoms with E-state index in [1.807, 2.05) is 5.92 Å². The lowest BCUT2D eigenvalue weighted by Gasteiger charge is -2.07. The van der Waals surface area contributed by atoms with Gasteiger partial charge in [0.1, 0.15) is 12.2 Å². The molecule has 0 aliphatic rings. The van der Waals surface area contributed by atoms with E-state index < -0.39 is 18.8 Å². The summed E-state index contributed by atoms with van der Waals surface area (Å²) in [6, 6.07) is 0. The van der Waals surface area contributed by atoms with Crippen LogP contribution in [-0.4, -0.2) is 34.1 Å². The summed E-state index contributed by atoms with van der Waals surface area (Å²) in [5.41, 5.74) is 0. The van der Waals surface area contributed by atoms with Crippen molar-refractivity contribution in [3.05, 3.63) is 0 Å². The predicted octanol–water partition coefficient (Wildman–Crippen LogP) is -1.67. The first-order valence-corrected chi connectivity index (χ1v) is 2.15. The summed E-state index contributed by atoms with van der Waals surface area (Å²) < 4.78 is 0. The van der Waals surface area contributed by atoms with Gasteiger partial charge < -0.3 is 15.3 Å². The van der Waals surface area contributed by atoms with E-state index in [9.17, 15) is 0 Å². The normalized spacial score (nSPS) is 16.8. The molecule has 0 aromatic heterocycles. The lowest BCUT2D eigenvalue weighted by Crippen LogP contribution is -2.27. The highest BCUT2D eigenvalue weighted by atomic mass is 16.4. The van der Waals surface area contributed by atoms with Crippen molar-refractivity contribution in [2.45, 2.75) is 12.2 Å². The molecule has 0 radical (unpaired) electrons. The Hall–Kier alpha value is -0.560. The van der Waals surface area contributed by atoms with Crippen LogP contribution >= 0.6 is 0 Å². The molecule has 3 heteroatoms. The topological polar surface area (TPSA) is 60.7 Å². The summed E-state index contributed by atoms with van der Waals surface area (Å²) in [6.07, 6.45) is 2.22. The van der Waals surface area contributed by atoms with Gasteiger partial charge in [-0.2, -0.15) is 0 Å². The molecule has 0 aliphatic heterocycles. The smallest absolute Gasteiger partial charge is 0.142 e. The Labute approximate surface area is 47.6 Å². The minimum Gasteiger partial charge on any atom is -0.394 e. The molecule has 0 spiro atoms. The van der Waals surface area contributed by atoms with Gasteiger partial charge in [0.05, 0.1) is 6.61 Å². The highest BCUT2D eigenvalue weighted by Gasteiger charge is 2.09. The van der Waals surface area contributed by atoms with Gasteiger partial charge in [-0.15, -0.1) is 6.42 Å². The molecule has 0 bridgehead atoms. The molecule has 3 nitrogen and oxygen atoms in total. The second-order valence-electron chi connectivity index (χ2n) is 1.36. The van der Waals surface area contributed by atoms with E-state index in [-0.39, 0.29) is 0 Å². The van der Waals surface area contributed by atoms with E-state index in [2.05, 4.69) is 6.42 Å². The Bertz CT molecular complexity index is 94.3. The SMILES string of the molecule is C#C[C@@H](O)[C@H](O)CO. The third-order valence-corrected chi connectivity index (χ3v) is 0.722. The molecule has 0 heterocycles. The fraction of sp³-hybridized carbons (Fsp3) is 0.600. The number of hydrogen-bond donors (Lipinski definition) is 3. The van der Waals surface area contributed by atoms with Gasteiger partial charge in [-0.25, -0.2) is 0 Å². The van der Waals surface area contributed by atoms with E-state index in [1.54, 1.807) is 0 Å². The van der Waals surface area contributed by atoms with Crippen LogP contribution in [-0.2, 0) is 0 Å². The summed E-state index contributed by atoms with van der Waals surface area (Å²) in [4.78, 5) is 0. The summed E-state index contributed by atoms with van der Waals surface area (Å²) in [6.45, 7) is -0.509. The first kappa shape index (κ1) is 7.44. The highest BCUT2D eigenvalue weighted by molar-refractivity contribution is 4.96. The Balaban J connectivity index is 3.49. The summed E-state index contributed by atoms with van der Waals surface area (Å²) in [7, 11) is 0. The minimum absolute atomic E-state index is 0.509. The number of terminal acetylenes is 1. The molecule has 2 atom stereocenters. The van der Waals surface area contributed by atoms with Crippen molar-refractivity contribution in [3.8, 4) is 12.3 Å². The minimum atomic E-state index is -1.25. The van der Waals surface area contributed by atoms with Crippen LogP contribution in [0.1, 0.15) is 0 Å². The van der Waals surface area contributed by atoms with Crippen LogP contribution in [0, 0.1) is 12.3 Å². The quantitative estimate of drug-likeness (QED) is 0.378. The predicted molar refractivity (Wildman–Crippen MR) is 27.9 cm³/mol. The number of aliphatic hydroxyl groups is 3. The van der Waals surface area contributed by atoms with Crippen molar-refractivity contribution in [1.82, 2.24) is 0 Å². The van der Waals surface area contributed by atoms with Crippen LogP contribution in [0.5, 0.6) is 0 Å². The van der Waals surface area contributed by atoms with Crippen molar-refractivity contribution in [3.63, 3.8) is 0 Å². The standard InChI is InChI=1S/C5H8O3/c1-2-4(7)5(8)3-6/h1,4-8H,3H2/t4-,5-/m1/s1.